The van der Waals surface area contributed by atoms with E-state index in [2.05, 4.69) is 3.58 Å². The van der Waals surface area contributed by atoms with Crippen molar-refractivity contribution in [1.29, 1.82) is 0 Å². The summed E-state index contributed by atoms with van der Waals surface area (Å²) in [5.41, 5.74) is 0. The second-order valence-corrected chi connectivity index (χ2v) is 2.31. The fourth-order valence-electron chi connectivity index (χ4n) is 0. The molecule has 0 fully saturated rings. The van der Waals surface area contributed by atoms with E-state index in [1.165, 1.54) is 0 Å². The molecule has 0 aliphatic carbocycles. The first-order chi connectivity index (χ1) is 2.27. The second-order valence-electron chi connectivity index (χ2n) is 0.406. The molecular formula is H2AlCaO3P. The van der Waals surface area contributed by atoms with Gasteiger partial charge in [0.1, 0.15) is 0 Å². The van der Waals surface area contributed by atoms with Gasteiger partial charge in [0.25, 0.3) is 0 Å². The molecule has 0 saturated heterocycles. The molecule has 0 aromatic heterocycles. The zero-order valence-electron chi connectivity index (χ0n) is 3.38. The van der Waals surface area contributed by atoms with Crippen LogP contribution >= 0.6 is 8.60 Å². The summed E-state index contributed by atoms with van der Waals surface area (Å²) < 4.78 is 3.84. The van der Waals surface area contributed by atoms with E-state index in [0.29, 0.717) is 0 Å². The summed E-state index contributed by atoms with van der Waals surface area (Å²) in [6, 6.07) is 0. The summed E-state index contributed by atoms with van der Waals surface area (Å²) in [5.74, 6) is 0. The van der Waals surface area contributed by atoms with Crippen LogP contribution in [0.2, 0.25) is 0 Å². The molecule has 0 rings (SSSR count). The maximum Gasteiger partial charge on any atom is 2.00 e. The summed E-state index contributed by atoms with van der Waals surface area (Å²) in [5, 5.41) is 0. The molecule has 0 amide bonds. The predicted octanol–water partition coefficient (Wildman–Crippen LogP) is -2.88. The summed E-state index contributed by atoms with van der Waals surface area (Å²) in [6.45, 7) is 0. The Kier molecular flexibility index (Phi) is 13.0. The molecule has 0 atom stereocenters. The van der Waals surface area contributed by atoms with E-state index in [1.54, 1.807) is 0 Å². The van der Waals surface area contributed by atoms with Crippen molar-refractivity contribution in [3.05, 3.63) is 0 Å². The Bertz CT molecular complexity index is 24.8. The summed E-state index contributed by atoms with van der Waals surface area (Å²) in [6.07, 6.45) is 0. The standard InChI is InChI=1S/Al.Ca.O3P.2H/c;;1-4(2)3;;/q+1;+2;-3;;. The monoisotopic (exact) mass is 148 g/mol. The minimum atomic E-state index is -2.54. The molecule has 0 heterocycles. The molecule has 0 aromatic carbocycles. The molecule has 0 radical (unpaired) electrons. The van der Waals surface area contributed by atoms with E-state index in [-0.39, 0.29) is 54.4 Å². The topological polar surface area (TPSA) is 55.3 Å². The molecule has 30 valence electrons. The van der Waals surface area contributed by atoms with Gasteiger partial charge in [0, 0.05) is 0 Å². The van der Waals surface area contributed by atoms with Gasteiger partial charge >= 0.3 is 54.4 Å². The van der Waals surface area contributed by atoms with E-state index in [1.807, 2.05) is 0 Å². The molecule has 0 aliphatic rings. The van der Waals surface area contributed by atoms with Gasteiger partial charge in [-0.05, 0) is 0 Å². The Morgan fingerprint density at radius 2 is 1.67 bits per heavy atom. The SMILES string of the molecule is [Ca+2].[O-]P([O-])[O][AlH2]. The first kappa shape index (κ1) is 11.0. The number of rotatable bonds is 1. The molecule has 6 heteroatoms. The average molecular weight is 148 g/mol. The molecular weight excluding hydrogens is 146 g/mol. The van der Waals surface area contributed by atoms with Gasteiger partial charge in [0.2, 0.25) is 0 Å². The van der Waals surface area contributed by atoms with Crippen LogP contribution < -0.4 is 9.79 Å². The summed E-state index contributed by atoms with van der Waals surface area (Å²) in [7, 11) is -2.54. The average Bonchev–Trinajstić information content (AvgIpc) is 1.38. The third-order valence-electron chi connectivity index (χ3n) is 0.149. The zero-order chi connectivity index (χ0) is 4.28. The third kappa shape index (κ3) is 9.44. The van der Waals surface area contributed by atoms with Crippen LogP contribution in [0.4, 0.5) is 0 Å². The smallest absolute Gasteiger partial charge is 0.823 e. The van der Waals surface area contributed by atoms with Gasteiger partial charge in [-0.2, -0.15) is 0 Å². The van der Waals surface area contributed by atoms with Gasteiger partial charge in [-0.3, -0.25) is 0 Å². The Morgan fingerprint density at radius 3 is 1.67 bits per heavy atom. The molecule has 6 heavy (non-hydrogen) atoms. The molecule has 0 aliphatic heterocycles. The van der Waals surface area contributed by atoms with Gasteiger partial charge in [-0.25, -0.2) is 8.60 Å². The first-order valence-corrected chi connectivity index (χ1v) is 2.87. The minimum absolute atomic E-state index is 0. The minimum Gasteiger partial charge on any atom is -0.823 e. The van der Waals surface area contributed by atoms with Crippen molar-refractivity contribution in [2.45, 2.75) is 0 Å². The Hall–Kier alpha value is 2.10. The van der Waals surface area contributed by atoms with Crippen LogP contribution in [0.3, 0.4) is 0 Å². The quantitative estimate of drug-likeness (QED) is 0.296. The molecule has 0 N–H and O–H groups in total. The van der Waals surface area contributed by atoms with Crippen LogP contribution in [0.15, 0.2) is 0 Å². The van der Waals surface area contributed by atoms with Crippen molar-refractivity contribution in [1.82, 2.24) is 0 Å². The molecule has 0 unspecified atom stereocenters. The molecule has 0 spiro atoms. The third-order valence-corrected chi connectivity index (χ3v) is 1.34. The van der Waals surface area contributed by atoms with Crippen molar-refractivity contribution in [2.24, 2.45) is 0 Å². The second kappa shape index (κ2) is 7.10. The van der Waals surface area contributed by atoms with E-state index < -0.39 is 8.60 Å². The van der Waals surface area contributed by atoms with Crippen molar-refractivity contribution >= 4 is 63.0 Å². The molecule has 0 saturated carbocycles. The Labute approximate surface area is 75.5 Å². The fourth-order valence-corrected chi connectivity index (χ4v) is 0. The molecule has 0 bridgehead atoms. The molecule has 0 aromatic rings. The van der Waals surface area contributed by atoms with Gasteiger partial charge < -0.3 is 13.4 Å². The number of hydrogen-bond acceptors (Lipinski definition) is 3. The van der Waals surface area contributed by atoms with Gasteiger partial charge in [0.15, 0.2) is 0 Å². The van der Waals surface area contributed by atoms with Gasteiger partial charge in [0.05, 0.1) is 0 Å². The van der Waals surface area contributed by atoms with E-state index in [0.717, 1.165) is 0 Å². The van der Waals surface area contributed by atoms with Gasteiger partial charge in [-0.1, -0.05) is 0 Å². The van der Waals surface area contributed by atoms with E-state index in [4.69, 9.17) is 0 Å². The van der Waals surface area contributed by atoms with Crippen LogP contribution in [-0.4, -0.2) is 54.4 Å². The van der Waals surface area contributed by atoms with Crippen molar-refractivity contribution in [3.63, 3.8) is 0 Å². The van der Waals surface area contributed by atoms with Crippen LogP contribution in [-0.2, 0) is 3.58 Å². The zero-order valence-corrected chi connectivity index (χ0v) is 8.48. The predicted molar refractivity (Wildman–Crippen MR) is 22.3 cm³/mol. The van der Waals surface area contributed by atoms with E-state index >= 15 is 0 Å². The summed E-state index contributed by atoms with van der Waals surface area (Å²) in [4.78, 5) is 18.4. The summed E-state index contributed by atoms with van der Waals surface area (Å²) >= 11 is 0.277. The normalized spacial score (nSPS) is 7.83. The van der Waals surface area contributed by atoms with Crippen molar-refractivity contribution in [3.8, 4) is 0 Å². The largest absolute Gasteiger partial charge is 2.00 e. The maximum absolute atomic E-state index is 9.22. The van der Waals surface area contributed by atoms with Crippen molar-refractivity contribution in [2.75, 3.05) is 0 Å². The first-order valence-electron chi connectivity index (χ1n) is 0.956. The Balaban J connectivity index is 0. The Morgan fingerprint density at radius 1 is 1.50 bits per heavy atom. The van der Waals surface area contributed by atoms with Gasteiger partial charge in [-0.15, -0.1) is 0 Å². The van der Waals surface area contributed by atoms with Crippen LogP contribution in [0.5, 0.6) is 0 Å². The fraction of sp³-hybridized carbons (Fsp3) is 0. The van der Waals surface area contributed by atoms with Crippen LogP contribution in [0, 0.1) is 0 Å². The molecule has 3 nitrogen and oxygen atoms in total. The van der Waals surface area contributed by atoms with Crippen molar-refractivity contribution < 1.29 is 13.4 Å². The van der Waals surface area contributed by atoms with E-state index in [9.17, 15) is 9.79 Å². The maximum atomic E-state index is 9.22. The van der Waals surface area contributed by atoms with Crippen LogP contribution in [0.25, 0.3) is 0 Å². The number of hydrogen-bond donors (Lipinski definition) is 0. The van der Waals surface area contributed by atoms with Crippen LogP contribution in [0.1, 0.15) is 0 Å².